The van der Waals surface area contributed by atoms with Gasteiger partial charge in [-0.25, -0.2) is 4.79 Å². The maximum atomic E-state index is 12.9. The fourth-order valence-corrected chi connectivity index (χ4v) is 5.68. The Labute approximate surface area is 196 Å². The number of hydrogen-bond donors (Lipinski definition) is 3. The molecular weight excluding hydrogens is 420 g/mol. The molecule has 1 spiro atoms. The summed E-state index contributed by atoms with van der Waals surface area (Å²) in [5.74, 6) is 1.22. The zero-order valence-corrected chi connectivity index (χ0v) is 20.1. The van der Waals surface area contributed by atoms with Crippen LogP contribution >= 0.6 is 0 Å². The summed E-state index contributed by atoms with van der Waals surface area (Å²) in [5, 5.41) is 16.0. The maximum Gasteiger partial charge on any atom is 0.315 e. The van der Waals surface area contributed by atoms with Gasteiger partial charge in [-0.15, -0.1) is 0 Å². The molecule has 8 heteroatoms. The molecule has 3 amide bonds. The van der Waals surface area contributed by atoms with E-state index >= 15 is 0 Å². The first-order valence-electron chi connectivity index (χ1n) is 12.1. The van der Waals surface area contributed by atoms with Crippen LogP contribution in [0.5, 0.6) is 5.75 Å². The van der Waals surface area contributed by atoms with E-state index in [1.165, 1.54) is 0 Å². The van der Waals surface area contributed by atoms with Crippen molar-refractivity contribution in [3.63, 3.8) is 0 Å². The largest absolute Gasteiger partial charge is 0.497 e. The van der Waals surface area contributed by atoms with E-state index in [-0.39, 0.29) is 29.3 Å². The molecule has 0 radical (unpaired) electrons. The Morgan fingerprint density at radius 3 is 2.30 bits per heavy atom. The minimum Gasteiger partial charge on any atom is -0.497 e. The molecule has 2 saturated carbocycles. The van der Waals surface area contributed by atoms with E-state index in [1.807, 2.05) is 43.0 Å². The summed E-state index contributed by atoms with van der Waals surface area (Å²) >= 11 is 0. The van der Waals surface area contributed by atoms with Gasteiger partial charge in [0, 0.05) is 51.2 Å². The number of methoxy groups -OCH3 is 1. The fourth-order valence-electron chi connectivity index (χ4n) is 5.68. The van der Waals surface area contributed by atoms with Crippen LogP contribution in [0.3, 0.4) is 0 Å². The number of aliphatic hydroxyl groups is 1. The molecule has 1 aromatic rings. The Morgan fingerprint density at radius 2 is 1.73 bits per heavy atom. The molecule has 3 N–H and O–H groups in total. The van der Waals surface area contributed by atoms with E-state index in [0.29, 0.717) is 13.1 Å². The van der Waals surface area contributed by atoms with Crippen LogP contribution in [0.25, 0.3) is 0 Å². The fraction of sp³-hybridized carbons (Fsp3) is 0.680. The van der Waals surface area contributed by atoms with Crippen LogP contribution in [0.15, 0.2) is 24.3 Å². The van der Waals surface area contributed by atoms with Gasteiger partial charge in [-0.05, 0) is 62.6 Å². The molecule has 1 aliphatic heterocycles. The van der Waals surface area contributed by atoms with Gasteiger partial charge >= 0.3 is 6.03 Å². The zero-order valence-electron chi connectivity index (χ0n) is 20.1. The zero-order chi connectivity index (χ0) is 23.6. The molecule has 0 aromatic heterocycles. The van der Waals surface area contributed by atoms with Gasteiger partial charge in [0.1, 0.15) is 5.75 Å². The number of carbonyl (C=O) groups is 2. The van der Waals surface area contributed by atoms with E-state index in [2.05, 4.69) is 15.5 Å². The minimum atomic E-state index is -0.700. The number of hydrogen-bond acceptors (Lipinski definition) is 5. The first-order chi connectivity index (χ1) is 15.6. The highest BCUT2D eigenvalue weighted by Crippen LogP contribution is 2.59. The number of piperazine rings is 1. The molecule has 3 aliphatic rings. The smallest absolute Gasteiger partial charge is 0.315 e. The van der Waals surface area contributed by atoms with E-state index in [4.69, 9.17) is 4.74 Å². The molecule has 0 atom stereocenters. The molecule has 4 rings (SSSR count). The Balaban J connectivity index is 1.11. The number of β-amino-alcohol motifs (C(OH)–C–C–N with tert-alkyl or cyclic N) is 1. The van der Waals surface area contributed by atoms with Crippen molar-refractivity contribution in [3.05, 3.63) is 29.8 Å². The van der Waals surface area contributed by atoms with Crippen LogP contribution in [-0.2, 0) is 11.3 Å². The Kier molecular flexibility index (Phi) is 6.86. The normalized spacial score (nSPS) is 27.5. The van der Waals surface area contributed by atoms with E-state index in [1.54, 1.807) is 7.11 Å². The summed E-state index contributed by atoms with van der Waals surface area (Å²) in [4.78, 5) is 29.3. The van der Waals surface area contributed by atoms with Crippen molar-refractivity contribution in [2.75, 3.05) is 39.8 Å². The van der Waals surface area contributed by atoms with Gasteiger partial charge in [0.25, 0.3) is 0 Å². The molecule has 182 valence electrons. The predicted octanol–water partition coefficient (Wildman–Crippen LogP) is 1.97. The lowest BCUT2D eigenvalue weighted by atomic mass is 9.50. The van der Waals surface area contributed by atoms with Gasteiger partial charge in [-0.3, -0.25) is 9.69 Å². The third-order valence-electron chi connectivity index (χ3n) is 7.31. The summed E-state index contributed by atoms with van der Waals surface area (Å²) in [6.45, 7) is 7.91. The number of nitrogens with one attached hydrogen (secondary N) is 2. The van der Waals surface area contributed by atoms with Crippen LogP contribution < -0.4 is 15.4 Å². The molecule has 1 heterocycles. The standard InChI is InChI=1S/C25H38N4O4/c1-24(2,32)17-28-8-10-29(11-9-28)22(30)19-12-25(13-19)14-20(15-25)27-23(31)26-16-18-4-6-21(33-3)7-5-18/h4-7,19-20,32H,8-17H2,1-3H3,(H2,26,27,31). The van der Waals surface area contributed by atoms with Crippen LogP contribution in [0.2, 0.25) is 0 Å². The molecule has 0 bridgehead atoms. The summed E-state index contributed by atoms with van der Waals surface area (Å²) in [6, 6.07) is 7.71. The van der Waals surface area contributed by atoms with Crippen molar-refractivity contribution in [1.82, 2.24) is 20.4 Å². The molecule has 0 unspecified atom stereocenters. The monoisotopic (exact) mass is 458 g/mol. The number of ether oxygens (including phenoxy) is 1. The van der Waals surface area contributed by atoms with Gasteiger partial charge in [-0.2, -0.15) is 0 Å². The van der Waals surface area contributed by atoms with Crippen molar-refractivity contribution in [2.24, 2.45) is 11.3 Å². The quantitative estimate of drug-likeness (QED) is 0.581. The Bertz CT molecular complexity index is 829. The number of carbonyl (C=O) groups excluding carboxylic acids is 2. The molecule has 2 aliphatic carbocycles. The second kappa shape index (κ2) is 9.50. The average Bonchev–Trinajstić information content (AvgIpc) is 2.72. The molecule has 3 fully saturated rings. The third kappa shape index (κ3) is 5.98. The summed E-state index contributed by atoms with van der Waals surface area (Å²) in [5.41, 5.74) is 0.572. The Morgan fingerprint density at radius 1 is 1.09 bits per heavy atom. The second-order valence-corrected chi connectivity index (χ2v) is 10.8. The lowest BCUT2D eigenvalue weighted by Crippen LogP contribution is -2.60. The van der Waals surface area contributed by atoms with Crippen LogP contribution in [0.4, 0.5) is 4.79 Å². The number of urea groups is 1. The van der Waals surface area contributed by atoms with E-state index in [9.17, 15) is 14.7 Å². The van der Waals surface area contributed by atoms with Crippen molar-refractivity contribution in [2.45, 2.75) is 57.7 Å². The maximum absolute atomic E-state index is 12.9. The molecule has 8 nitrogen and oxygen atoms in total. The van der Waals surface area contributed by atoms with Gasteiger partial charge < -0.3 is 25.4 Å². The van der Waals surface area contributed by atoms with Crippen molar-refractivity contribution < 1.29 is 19.4 Å². The van der Waals surface area contributed by atoms with E-state index < -0.39 is 5.60 Å². The first kappa shape index (κ1) is 23.8. The summed E-state index contributed by atoms with van der Waals surface area (Å²) < 4.78 is 5.15. The van der Waals surface area contributed by atoms with Crippen molar-refractivity contribution >= 4 is 11.9 Å². The Hall–Kier alpha value is -2.32. The highest BCUT2D eigenvalue weighted by atomic mass is 16.5. The SMILES string of the molecule is COc1ccc(CNC(=O)NC2CC3(C2)CC(C(=O)N2CCN(CC(C)(C)O)CC2)C3)cc1. The molecule has 1 saturated heterocycles. The van der Waals surface area contributed by atoms with Crippen LogP contribution in [0.1, 0.15) is 45.1 Å². The van der Waals surface area contributed by atoms with E-state index in [0.717, 1.165) is 63.2 Å². The highest BCUT2D eigenvalue weighted by Gasteiger charge is 2.55. The summed E-state index contributed by atoms with van der Waals surface area (Å²) in [6.07, 6.45) is 3.82. The average molecular weight is 459 g/mol. The lowest BCUT2D eigenvalue weighted by Gasteiger charge is -2.58. The van der Waals surface area contributed by atoms with Gasteiger partial charge in [0.05, 0.1) is 12.7 Å². The number of rotatable bonds is 7. The lowest BCUT2D eigenvalue weighted by molar-refractivity contribution is -0.151. The predicted molar refractivity (Wildman–Crippen MR) is 126 cm³/mol. The molecule has 1 aromatic carbocycles. The highest BCUT2D eigenvalue weighted by molar-refractivity contribution is 5.80. The second-order valence-electron chi connectivity index (χ2n) is 10.8. The summed E-state index contributed by atoms with van der Waals surface area (Å²) in [7, 11) is 1.63. The molecule has 33 heavy (non-hydrogen) atoms. The van der Waals surface area contributed by atoms with Gasteiger partial charge in [0.15, 0.2) is 0 Å². The number of amides is 3. The van der Waals surface area contributed by atoms with Crippen molar-refractivity contribution in [1.29, 1.82) is 0 Å². The minimum absolute atomic E-state index is 0.135. The van der Waals surface area contributed by atoms with Gasteiger partial charge in [0.2, 0.25) is 5.91 Å². The van der Waals surface area contributed by atoms with Crippen LogP contribution in [0, 0.1) is 11.3 Å². The topological polar surface area (TPSA) is 94.1 Å². The third-order valence-corrected chi connectivity index (χ3v) is 7.31. The number of nitrogens with zero attached hydrogens (tertiary/aromatic N) is 2. The number of benzene rings is 1. The molecular formula is C25H38N4O4. The van der Waals surface area contributed by atoms with Gasteiger partial charge in [-0.1, -0.05) is 12.1 Å². The first-order valence-corrected chi connectivity index (χ1v) is 12.1. The van der Waals surface area contributed by atoms with Crippen LogP contribution in [-0.4, -0.2) is 78.3 Å². The van der Waals surface area contributed by atoms with Crippen molar-refractivity contribution in [3.8, 4) is 5.75 Å².